The van der Waals surface area contributed by atoms with Crippen LogP contribution >= 0.6 is 11.8 Å². The quantitative estimate of drug-likeness (QED) is 0.614. The molecule has 1 saturated heterocycles. The molecule has 0 spiro atoms. The number of benzene rings is 1. The van der Waals surface area contributed by atoms with E-state index in [1.165, 1.54) is 0 Å². The predicted molar refractivity (Wildman–Crippen MR) is 84.2 cm³/mol. The molecule has 5 nitrogen and oxygen atoms in total. The maximum Gasteiger partial charge on any atom is 0.304 e. The zero-order chi connectivity index (χ0) is 15.3. The van der Waals surface area contributed by atoms with Crippen molar-refractivity contribution >= 4 is 27.9 Å². The van der Waals surface area contributed by atoms with Crippen LogP contribution in [0.5, 0.6) is 0 Å². The molecule has 0 saturated carbocycles. The summed E-state index contributed by atoms with van der Waals surface area (Å²) in [7, 11) is -3.63. The monoisotopic (exact) mass is 328 g/mol. The number of thioether (sulfide) groups is 1. The fourth-order valence-corrected chi connectivity index (χ4v) is 4.50. The van der Waals surface area contributed by atoms with E-state index in [4.69, 9.17) is 0 Å². The van der Waals surface area contributed by atoms with Crippen LogP contribution < -0.4 is 4.72 Å². The lowest BCUT2D eigenvalue weighted by atomic mass is 10.2. The first kappa shape index (κ1) is 16.3. The van der Waals surface area contributed by atoms with E-state index in [1.54, 1.807) is 11.8 Å². The number of amides is 1. The number of hydrogen-bond acceptors (Lipinski definition) is 4. The first-order valence-electron chi connectivity index (χ1n) is 7.06. The summed E-state index contributed by atoms with van der Waals surface area (Å²) in [6.07, 6.45) is 1.97. The molecule has 0 aromatic heterocycles. The molecule has 1 heterocycles. The first-order chi connectivity index (χ1) is 10.0. The summed E-state index contributed by atoms with van der Waals surface area (Å²) in [6.45, 7) is 2.18. The lowest BCUT2D eigenvalue weighted by Crippen LogP contribution is -2.33. The van der Waals surface area contributed by atoms with Gasteiger partial charge < -0.3 is 0 Å². The molecular formula is C14H20N2O3S2. The third-order valence-electron chi connectivity index (χ3n) is 3.22. The Morgan fingerprint density at radius 2 is 2.00 bits per heavy atom. The van der Waals surface area contributed by atoms with E-state index in [2.05, 4.69) is 4.72 Å². The van der Waals surface area contributed by atoms with Crippen molar-refractivity contribution in [2.24, 2.45) is 0 Å². The van der Waals surface area contributed by atoms with E-state index in [0.29, 0.717) is 12.8 Å². The first-order valence-corrected chi connectivity index (χ1v) is 9.49. The second kappa shape index (κ2) is 7.29. The van der Waals surface area contributed by atoms with Gasteiger partial charge in [-0.05, 0) is 30.7 Å². The SMILES string of the molecule is CCCC1NS(=O)(=O)N(CCCSc2ccccc2)C1=O. The van der Waals surface area contributed by atoms with E-state index >= 15 is 0 Å². The van der Waals surface area contributed by atoms with Gasteiger partial charge in [0.05, 0.1) is 0 Å². The van der Waals surface area contributed by atoms with Gasteiger partial charge in [0.1, 0.15) is 6.04 Å². The summed E-state index contributed by atoms with van der Waals surface area (Å²) in [4.78, 5) is 13.2. The second-order valence-corrected chi connectivity index (χ2v) is 7.68. The zero-order valence-electron chi connectivity index (χ0n) is 12.0. The number of carbonyl (C=O) groups excluding carboxylic acids is 1. The molecule has 1 fully saturated rings. The van der Waals surface area contributed by atoms with E-state index in [1.807, 2.05) is 37.3 Å². The summed E-state index contributed by atoms with van der Waals surface area (Å²) in [5.41, 5.74) is 0. The maximum atomic E-state index is 12.1. The van der Waals surface area contributed by atoms with Crippen LogP contribution in [0.15, 0.2) is 35.2 Å². The Morgan fingerprint density at radius 1 is 1.29 bits per heavy atom. The topological polar surface area (TPSA) is 66.5 Å². The summed E-state index contributed by atoms with van der Waals surface area (Å²) in [5, 5.41) is 0. The molecule has 0 aliphatic carbocycles. The van der Waals surface area contributed by atoms with E-state index < -0.39 is 16.3 Å². The third kappa shape index (κ3) is 4.21. The number of nitrogens with zero attached hydrogens (tertiary/aromatic N) is 1. The molecule has 0 bridgehead atoms. The Balaban J connectivity index is 1.83. The lowest BCUT2D eigenvalue weighted by Gasteiger charge is -2.13. The molecule has 1 atom stereocenters. The van der Waals surface area contributed by atoms with Gasteiger partial charge in [-0.25, -0.2) is 4.31 Å². The summed E-state index contributed by atoms with van der Waals surface area (Å²) < 4.78 is 27.2. The van der Waals surface area contributed by atoms with Crippen LogP contribution in [-0.2, 0) is 15.0 Å². The van der Waals surface area contributed by atoms with Gasteiger partial charge in [0, 0.05) is 11.4 Å². The van der Waals surface area contributed by atoms with Crippen molar-refractivity contribution in [1.29, 1.82) is 0 Å². The fourth-order valence-electron chi connectivity index (χ4n) is 2.20. The third-order valence-corrected chi connectivity index (χ3v) is 5.84. The molecule has 116 valence electrons. The van der Waals surface area contributed by atoms with Crippen molar-refractivity contribution in [1.82, 2.24) is 9.03 Å². The van der Waals surface area contributed by atoms with Gasteiger partial charge in [-0.3, -0.25) is 4.79 Å². The Morgan fingerprint density at radius 3 is 2.67 bits per heavy atom. The second-order valence-electron chi connectivity index (χ2n) is 4.89. The van der Waals surface area contributed by atoms with Gasteiger partial charge in [-0.1, -0.05) is 31.5 Å². The minimum Gasteiger partial charge on any atom is -0.272 e. The average Bonchev–Trinajstić information content (AvgIpc) is 2.67. The predicted octanol–water partition coefficient (Wildman–Crippen LogP) is 2.01. The largest absolute Gasteiger partial charge is 0.304 e. The number of hydrogen-bond donors (Lipinski definition) is 1. The standard InChI is InChI=1S/C14H20N2O3S2/c1-2-7-13-14(17)16(21(18,19)15-13)10-6-11-20-12-8-4-3-5-9-12/h3-5,8-9,13,15H,2,6-7,10-11H2,1H3. The van der Waals surface area contributed by atoms with Crippen LogP contribution in [0.3, 0.4) is 0 Å². The van der Waals surface area contributed by atoms with Gasteiger partial charge in [0.2, 0.25) is 0 Å². The average molecular weight is 328 g/mol. The smallest absolute Gasteiger partial charge is 0.272 e. The van der Waals surface area contributed by atoms with Crippen molar-refractivity contribution < 1.29 is 13.2 Å². The Labute approximate surface area is 130 Å². The molecule has 1 aliphatic heterocycles. The minimum atomic E-state index is -3.63. The summed E-state index contributed by atoms with van der Waals surface area (Å²) in [5.74, 6) is 0.462. The van der Waals surface area contributed by atoms with E-state index in [9.17, 15) is 13.2 Å². The van der Waals surface area contributed by atoms with Gasteiger partial charge in [-0.2, -0.15) is 13.1 Å². The number of carbonyl (C=O) groups is 1. The van der Waals surface area contributed by atoms with Gasteiger partial charge in [0.15, 0.2) is 0 Å². The van der Waals surface area contributed by atoms with Crippen LogP contribution in [0.1, 0.15) is 26.2 Å². The molecule has 1 aliphatic rings. The molecule has 7 heteroatoms. The van der Waals surface area contributed by atoms with E-state index in [0.717, 1.165) is 21.4 Å². The highest BCUT2D eigenvalue weighted by Crippen LogP contribution is 2.20. The zero-order valence-corrected chi connectivity index (χ0v) is 13.6. The minimum absolute atomic E-state index is 0.244. The Hall–Kier alpha value is -1.05. The van der Waals surface area contributed by atoms with Crippen LogP contribution in [0, 0.1) is 0 Å². The molecule has 0 radical (unpaired) electrons. The van der Waals surface area contributed by atoms with Crippen LogP contribution in [0.2, 0.25) is 0 Å². The van der Waals surface area contributed by atoms with E-state index in [-0.39, 0.29) is 12.5 Å². The molecule has 21 heavy (non-hydrogen) atoms. The maximum absolute atomic E-state index is 12.1. The highest BCUT2D eigenvalue weighted by Gasteiger charge is 2.41. The fraction of sp³-hybridized carbons (Fsp3) is 0.500. The van der Waals surface area contributed by atoms with Crippen molar-refractivity contribution in [2.75, 3.05) is 12.3 Å². The molecule has 1 aromatic carbocycles. The molecular weight excluding hydrogens is 308 g/mol. The van der Waals surface area contributed by atoms with Crippen molar-refractivity contribution in [3.05, 3.63) is 30.3 Å². The molecule has 2 rings (SSSR count). The number of nitrogens with one attached hydrogen (secondary N) is 1. The van der Waals surface area contributed by atoms with Gasteiger partial charge in [0.25, 0.3) is 5.91 Å². The van der Waals surface area contributed by atoms with Gasteiger partial charge >= 0.3 is 10.2 Å². The van der Waals surface area contributed by atoms with Crippen molar-refractivity contribution in [3.8, 4) is 0 Å². The Bertz CT molecular complexity index is 575. The van der Waals surface area contributed by atoms with Crippen LogP contribution in [0.25, 0.3) is 0 Å². The highest BCUT2D eigenvalue weighted by molar-refractivity contribution is 7.99. The van der Waals surface area contributed by atoms with Crippen molar-refractivity contribution in [2.45, 2.75) is 37.1 Å². The van der Waals surface area contributed by atoms with Crippen LogP contribution in [0.4, 0.5) is 0 Å². The molecule has 1 N–H and O–H groups in total. The van der Waals surface area contributed by atoms with Gasteiger partial charge in [-0.15, -0.1) is 11.8 Å². The lowest BCUT2D eigenvalue weighted by molar-refractivity contribution is -0.126. The highest BCUT2D eigenvalue weighted by atomic mass is 32.2. The molecule has 1 unspecified atom stereocenters. The number of rotatable bonds is 7. The van der Waals surface area contributed by atoms with Crippen LogP contribution in [-0.4, -0.2) is 37.0 Å². The molecule has 1 amide bonds. The van der Waals surface area contributed by atoms with Crippen molar-refractivity contribution in [3.63, 3.8) is 0 Å². The Kier molecular flexibility index (Phi) is 5.66. The molecule has 1 aromatic rings. The normalized spacial score (nSPS) is 20.9. The summed E-state index contributed by atoms with van der Waals surface area (Å²) >= 11 is 1.66. The summed E-state index contributed by atoms with van der Waals surface area (Å²) in [6, 6.07) is 9.34.